The van der Waals surface area contributed by atoms with Crippen molar-refractivity contribution in [1.29, 1.82) is 0 Å². The van der Waals surface area contributed by atoms with Gasteiger partial charge >= 0.3 is 0 Å². The van der Waals surface area contributed by atoms with E-state index in [1.165, 1.54) is 32.6 Å². The summed E-state index contributed by atoms with van der Waals surface area (Å²) < 4.78 is 6.62. The van der Waals surface area contributed by atoms with Crippen molar-refractivity contribution in [3.63, 3.8) is 0 Å². The third-order valence-corrected chi connectivity index (χ3v) is 11.9. The van der Waals surface area contributed by atoms with Crippen LogP contribution in [0.5, 0.6) is 0 Å². The second kappa shape index (κ2) is 11.7. The van der Waals surface area contributed by atoms with E-state index in [2.05, 4.69) is 120 Å². The van der Waals surface area contributed by atoms with Crippen LogP contribution < -0.4 is 10.4 Å². The second-order valence-corrected chi connectivity index (χ2v) is 13.9. The van der Waals surface area contributed by atoms with Gasteiger partial charge in [0.15, 0.2) is 5.58 Å². The van der Waals surface area contributed by atoms with Crippen molar-refractivity contribution in [3.8, 4) is 34.0 Å². The summed E-state index contributed by atoms with van der Waals surface area (Å²) in [6, 6.07) is 51.3. The summed E-state index contributed by atoms with van der Waals surface area (Å²) >= 11 is 0. The Balaban J connectivity index is 0.00000312. The maximum Gasteiger partial charge on any atom is 0.229 e. The Hall–Kier alpha value is -5.00. The molecule has 1 aliphatic rings. The van der Waals surface area contributed by atoms with E-state index in [1.54, 1.807) is 6.20 Å². The summed E-state index contributed by atoms with van der Waals surface area (Å²) in [6.45, 7) is 0. The molecule has 0 saturated heterocycles. The minimum Gasteiger partial charge on any atom is -0.436 e. The molecule has 0 saturated carbocycles. The molecule has 1 aliphatic carbocycles. The maximum absolute atomic E-state index is 6.62. The first kappa shape index (κ1) is 28.5. The van der Waals surface area contributed by atoms with Crippen LogP contribution in [-0.2, 0) is 20.1 Å². The third-order valence-electron chi connectivity index (χ3n) is 8.79. The Kier molecular flexibility index (Phi) is 7.26. The fourth-order valence-corrected chi connectivity index (χ4v) is 10.1. The first-order valence-corrected chi connectivity index (χ1v) is 16.7. The molecule has 6 heteroatoms. The van der Waals surface area contributed by atoms with Crippen LogP contribution in [0, 0.1) is 0 Å². The van der Waals surface area contributed by atoms with E-state index in [0.717, 1.165) is 39.0 Å². The van der Waals surface area contributed by atoms with Crippen LogP contribution in [-0.4, -0.2) is 23.7 Å². The van der Waals surface area contributed by atoms with Crippen molar-refractivity contribution < 1.29 is 24.5 Å². The topological polar surface area (TPSA) is 51.8 Å². The molecule has 1 atom stereocenters. The summed E-state index contributed by atoms with van der Waals surface area (Å²) in [5.74, 6) is 0.581. The van der Waals surface area contributed by atoms with Crippen molar-refractivity contribution in [2.24, 2.45) is 0 Å². The number of fused-ring (bicyclic) bond motifs is 6. The number of benzene rings is 5. The molecule has 0 N–H and O–H groups in total. The Morgan fingerprint density at radius 2 is 1.24 bits per heavy atom. The van der Waals surface area contributed by atoms with Crippen LogP contribution in [0.2, 0.25) is 0 Å². The first-order valence-electron chi connectivity index (χ1n) is 15.2. The average Bonchev–Trinajstić information content (AvgIpc) is 3.69. The molecule has 220 valence electrons. The molecule has 0 fully saturated rings. The molecule has 0 bridgehead atoms. The molecular formula is C40H26IrN3OSi. The molecule has 8 aromatic rings. The molecule has 1 unspecified atom stereocenters. The number of nitrogens with zero attached hydrogens (tertiary/aromatic N) is 3. The van der Waals surface area contributed by atoms with E-state index in [9.17, 15) is 0 Å². The van der Waals surface area contributed by atoms with Gasteiger partial charge in [-0.05, 0) is 52.6 Å². The van der Waals surface area contributed by atoms with Crippen LogP contribution in [0.25, 0.3) is 56.0 Å². The van der Waals surface area contributed by atoms with Crippen molar-refractivity contribution in [2.75, 3.05) is 0 Å². The first-order chi connectivity index (χ1) is 22.3. The zero-order chi connectivity index (χ0) is 29.7. The van der Waals surface area contributed by atoms with Gasteiger partial charge in [0.05, 0.1) is 22.5 Å². The van der Waals surface area contributed by atoms with Crippen molar-refractivity contribution in [2.45, 2.75) is 5.54 Å². The quantitative estimate of drug-likeness (QED) is 0.166. The number of para-hydroxylation sites is 1. The van der Waals surface area contributed by atoms with E-state index in [1.807, 2.05) is 30.3 Å². The van der Waals surface area contributed by atoms with Gasteiger partial charge in [0.2, 0.25) is 5.89 Å². The number of hydrogen-bond acceptors (Lipinski definition) is 4. The van der Waals surface area contributed by atoms with Gasteiger partial charge in [0, 0.05) is 37.2 Å². The Labute approximate surface area is 281 Å². The SMILES string of the molecule is [Ir].c1ccc([Si](c2ccccc2)C2c3ccccc3-c3ccc4oc(-c5cccc6ccc(-c7ccccn7)nc56)nc4c32)cc1. The van der Waals surface area contributed by atoms with Gasteiger partial charge in [-0.15, -0.1) is 0 Å². The van der Waals surface area contributed by atoms with Gasteiger partial charge < -0.3 is 4.42 Å². The molecule has 46 heavy (non-hydrogen) atoms. The Morgan fingerprint density at radius 1 is 0.522 bits per heavy atom. The fourth-order valence-electron chi connectivity index (χ4n) is 6.82. The van der Waals surface area contributed by atoms with Crippen molar-refractivity contribution in [3.05, 3.63) is 163 Å². The van der Waals surface area contributed by atoms with Crippen molar-refractivity contribution >= 4 is 41.2 Å². The second-order valence-electron chi connectivity index (χ2n) is 11.3. The van der Waals surface area contributed by atoms with Crippen LogP contribution in [0.3, 0.4) is 0 Å². The van der Waals surface area contributed by atoms with E-state index >= 15 is 0 Å². The molecule has 0 spiro atoms. The molecule has 3 aromatic heterocycles. The van der Waals surface area contributed by atoms with E-state index < -0.39 is 8.80 Å². The smallest absolute Gasteiger partial charge is 0.229 e. The summed E-state index contributed by atoms with van der Waals surface area (Å²) in [4.78, 5) is 14.9. The van der Waals surface area contributed by atoms with Crippen LogP contribution in [0.4, 0.5) is 0 Å². The molecular weight excluding hydrogens is 759 g/mol. The van der Waals surface area contributed by atoms with Crippen LogP contribution in [0.1, 0.15) is 16.7 Å². The summed E-state index contributed by atoms with van der Waals surface area (Å²) in [6.07, 6.45) is 1.80. The number of pyridine rings is 2. The summed E-state index contributed by atoms with van der Waals surface area (Å²) in [7, 11) is -1.32. The largest absolute Gasteiger partial charge is 0.436 e. The van der Waals surface area contributed by atoms with E-state index in [0.29, 0.717) is 5.89 Å². The number of oxazole rings is 1. The fraction of sp³-hybridized carbons (Fsp3) is 0.0250. The van der Waals surface area contributed by atoms with Crippen molar-refractivity contribution in [1.82, 2.24) is 15.0 Å². The number of hydrogen-bond donors (Lipinski definition) is 0. The molecule has 0 aliphatic heterocycles. The molecule has 5 aromatic carbocycles. The van der Waals surface area contributed by atoms with Crippen LogP contribution in [0.15, 0.2) is 156 Å². The minimum atomic E-state index is -1.32. The van der Waals surface area contributed by atoms with Gasteiger partial charge in [-0.3, -0.25) is 4.98 Å². The average molecular weight is 785 g/mol. The third kappa shape index (κ3) is 4.65. The maximum atomic E-state index is 6.62. The summed E-state index contributed by atoms with van der Waals surface area (Å²) in [5, 5.41) is 3.79. The zero-order valence-corrected chi connectivity index (χ0v) is 28.0. The number of rotatable bonds is 5. The number of aromatic nitrogens is 3. The molecule has 2 radical (unpaired) electrons. The standard InChI is InChI=1S/C40H26N3OSi.Ir/c1-3-13-27(14-4-1)45(28-15-5-2-6-16-28)39-31-18-8-7-17-29(31)30-22-24-35-38(36(30)39)43-40(44-35)32-19-11-12-26-21-23-34(42-37(26)32)33-20-9-10-25-41-33;/h1-25,39H;. The molecule has 4 nitrogen and oxygen atoms in total. The van der Waals surface area contributed by atoms with E-state index in [4.69, 9.17) is 14.4 Å². The summed E-state index contributed by atoms with van der Waals surface area (Å²) in [5.41, 5.74) is 10.4. The zero-order valence-electron chi connectivity index (χ0n) is 24.6. The molecule has 9 rings (SSSR count). The van der Waals surface area contributed by atoms with Gasteiger partial charge in [0.25, 0.3) is 0 Å². The predicted molar refractivity (Wildman–Crippen MR) is 183 cm³/mol. The van der Waals surface area contributed by atoms with Gasteiger partial charge in [-0.1, -0.05) is 126 Å². The minimum absolute atomic E-state index is 0. The van der Waals surface area contributed by atoms with Gasteiger partial charge in [-0.25, -0.2) is 9.97 Å². The van der Waals surface area contributed by atoms with Gasteiger partial charge in [0.1, 0.15) is 14.3 Å². The molecule has 3 heterocycles. The Morgan fingerprint density at radius 3 is 2.00 bits per heavy atom. The van der Waals surface area contributed by atoms with Gasteiger partial charge in [-0.2, -0.15) is 0 Å². The normalized spacial score (nSPS) is 13.5. The predicted octanol–water partition coefficient (Wildman–Crippen LogP) is 8.06. The molecule has 0 amide bonds. The van der Waals surface area contributed by atoms with Crippen LogP contribution >= 0.6 is 0 Å². The Bertz CT molecular complexity index is 2300. The monoisotopic (exact) mass is 785 g/mol. The van der Waals surface area contributed by atoms with E-state index in [-0.39, 0.29) is 25.6 Å².